The number of carbonyl (C=O) groups excluding carboxylic acids is 1. The molecule has 1 aromatic heterocycles. The van der Waals surface area contributed by atoms with Gasteiger partial charge in [0, 0.05) is 29.6 Å². The van der Waals surface area contributed by atoms with Gasteiger partial charge >= 0.3 is 5.97 Å². The number of aryl methyl sites for hydroxylation is 2. The Hall–Kier alpha value is -3.01. The van der Waals surface area contributed by atoms with Gasteiger partial charge in [-0.05, 0) is 61.4 Å². The number of benzene rings is 2. The lowest BCUT2D eigenvalue weighted by Crippen LogP contribution is -2.35. The van der Waals surface area contributed by atoms with Gasteiger partial charge in [0.2, 0.25) is 10.0 Å². The van der Waals surface area contributed by atoms with E-state index in [2.05, 4.69) is 9.72 Å². The van der Waals surface area contributed by atoms with Crippen LogP contribution in [0.1, 0.15) is 27.0 Å². The lowest BCUT2D eigenvalue weighted by Gasteiger charge is -2.21. The van der Waals surface area contributed by atoms with Gasteiger partial charge < -0.3 is 14.8 Å². The van der Waals surface area contributed by atoms with E-state index in [4.69, 9.17) is 0 Å². The van der Waals surface area contributed by atoms with Crippen molar-refractivity contribution >= 4 is 26.9 Å². The second kappa shape index (κ2) is 9.01. The van der Waals surface area contributed by atoms with Crippen LogP contribution in [0.3, 0.4) is 0 Å². The molecule has 8 nitrogen and oxygen atoms in total. The molecule has 3 rings (SSSR count). The van der Waals surface area contributed by atoms with Gasteiger partial charge in [-0.25, -0.2) is 13.2 Å². The van der Waals surface area contributed by atoms with E-state index in [1.807, 2.05) is 26.0 Å². The molecule has 164 valence electrons. The molecule has 2 aromatic carbocycles. The van der Waals surface area contributed by atoms with Crippen LogP contribution >= 0.6 is 0 Å². The minimum absolute atomic E-state index is 0.0578. The highest BCUT2D eigenvalue weighted by Gasteiger charge is 2.26. The van der Waals surface area contributed by atoms with Crippen LogP contribution in [0.15, 0.2) is 52.2 Å². The summed E-state index contributed by atoms with van der Waals surface area (Å²) < 4.78 is 32.0. The molecule has 0 spiro atoms. The number of H-pyrrole nitrogens is 1. The van der Waals surface area contributed by atoms with Crippen molar-refractivity contribution in [1.29, 1.82) is 0 Å². The van der Waals surface area contributed by atoms with Gasteiger partial charge in [-0.3, -0.25) is 4.79 Å². The van der Waals surface area contributed by atoms with Gasteiger partial charge in [0.1, 0.15) is 0 Å². The number of rotatable bonds is 7. The third kappa shape index (κ3) is 4.68. The number of nitrogens with one attached hydrogen (secondary N) is 1. The maximum absolute atomic E-state index is 13.2. The predicted molar refractivity (Wildman–Crippen MR) is 117 cm³/mol. The summed E-state index contributed by atoms with van der Waals surface area (Å²) in [4.78, 5) is 27.0. The summed E-state index contributed by atoms with van der Waals surface area (Å²) in [5, 5.41) is 10.3. The standard InChI is InChI=1S/C22H24N2O6S/c1-14-10-15(2)19-12-17(21(26)23-20(19)11-14)13-24(8-9-25)31(28,29)18-6-4-16(5-7-18)22(27)30-3/h4-7,10-12,25H,8-9,13H2,1-3H3,(H,23,26). The molecule has 0 atom stereocenters. The third-order valence-electron chi connectivity index (χ3n) is 5.00. The number of hydrogen-bond donors (Lipinski definition) is 2. The van der Waals surface area contributed by atoms with Crippen molar-refractivity contribution < 1.29 is 23.1 Å². The van der Waals surface area contributed by atoms with Gasteiger partial charge in [-0.1, -0.05) is 6.07 Å². The minimum atomic E-state index is -4.03. The average molecular weight is 445 g/mol. The molecule has 2 N–H and O–H groups in total. The van der Waals surface area contributed by atoms with Crippen molar-refractivity contribution in [2.24, 2.45) is 0 Å². The van der Waals surface area contributed by atoms with Crippen LogP contribution in [0, 0.1) is 13.8 Å². The van der Waals surface area contributed by atoms with E-state index in [1.54, 1.807) is 6.07 Å². The molecule has 0 aliphatic rings. The number of hydrogen-bond acceptors (Lipinski definition) is 6. The van der Waals surface area contributed by atoms with E-state index < -0.39 is 28.2 Å². The number of esters is 1. The maximum Gasteiger partial charge on any atom is 0.337 e. The Morgan fingerprint density at radius 1 is 1.13 bits per heavy atom. The quantitative estimate of drug-likeness (QED) is 0.539. The Labute approximate surface area is 180 Å². The lowest BCUT2D eigenvalue weighted by molar-refractivity contribution is 0.0600. The summed E-state index contributed by atoms with van der Waals surface area (Å²) in [5.74, 6) is -0.579. The number of nitrogens with zero attached hydrogens (tertiary/aromatic N) is 1. The maximum atomic E-state index is 13.2. The van der Waals surface area contributed by atoms with E-state index in [0.29, 0.717) is 5.52 Å². The van der Waals surface area contributed by atoms with E-state index in [0.717, 1.165) is 20.8 Å². The molecule has 31 heavy (non-hydrogen) atoms. The zero-order chi connectivity index (χ0) is 22.8. The molecular formula is C22H24N2O6S. The second-order valence-electron chi connectivity index (χ2n) is 7.24. The Morgan fingerprint density at radius 3 is 2.42 bits per heavy atom. The van der Waals surface area contributed by atoms with Crippen molar-refractivity contribution in [3.05, 3.63) is 75.1 Å². The summed E-state index contributed by atoms with van der Waals surface area (Å²) in [5.41, 5.74) is 2.74. The molecular weight excluding hydrogens is 420 g/mol. The lowest BCUT2D eigenvalue weighted by atomic mass is 10.0. The molecule has 0 saturated carbocycles. The van der Waals surface area contributed by atoms with Gasteiger partial charge in [-0.2, -0.15) is 4.31 Å². The molecule has 0 aliphatic carbocycles. The molecule has 0 fully saturated rings. The summed E-state index contributed by atoms with van der Waals surface area (Å²) >= 11 is 0. The molecule has 0 unspecified atom stereocenters. The smallest absolute Gasteiger partial charge is 0.337 e. The molecule has 3 aromatic rings. The van der Waals surface area contributed by atoms with Crippen LogP contribution in [0.2, 0.25) is 0 Å². The van der Waals surface area contributed by atoms with Crippen molar-refractivity contribution in [3.8, 4) is 0 Å². The third-order valence-corrected chi connectivity index (χ3v) is 6.86. The molecule has 0 saturated heterocycles. The van der Waals surface area contributed by atoms with Gasteiger partial charge in [0.15, 0.2) is 0 Å². The minimum Gasteiger partial charge on any atom is -0.465 e. The highest BCUT2D eigenvalue weighted by atomic mass is 32.2. The zero-order valence-electron chi connectivity index (χ0n) is 17.5. The Kier molecular flexibility index (Phi) is 6.59. The van der Waals surface area contributed by atoms with E-state index in [1.165, 1.54) is 31.4 Å². The van der Waals surface area contributed by atoms with Crippen molar-refractivity contribution in [3.63, 3.8) is 0 Å². The Morgan fingerprint density at radius 2 is 1.81 bits per heavy atom. The molecule has 0 bridgehead atoms. The summed E-state index contributed by atoms with van der Waals surface area (Å²) in [6.45, 7) is 3.04. The van der Waals surface area contributed by atoms with Gasteiger partial charge in [-0.15, -0.1) is 0 Å². The Bertz CT molecular complexity index is 1280. The van der Waals surface area contributed by atoms with Gasteiger partial charge in [0.25, 0.3) is 5.56 Å². The number of ether oxygens (including phenoxy) is 1. The number of carbonyl (C=O) groups is 1. The average Bonchev–Trinajstić information content (AvgIpc) is 2.73. The number of aromatic nitrogens is 1. The van der Waals surface area contributed by atoms with E-state index >= 15 is 0 Å². The fourth-order valence-corrected chi connectivity index (χ4v) is 4.86. The first-order valence-corrected chi connectivity index (χ1v) is 11.0. The largest absolute Gasteiger partial charge is 0.465 e. The number of methoxy groups -OCH3 is 1. The van der Waals surface area contributed by atoms with Crippen LogP contribution in [0.4, 0.5) is 0 Å². The van der Waals surface area contributed by atoms with Crippen molar-refractivity contribution in [2.75, 3.05) is 20.3 Å². The first kappa shape index (κ1) is 22.7. The van der Waals surface area contributed by atoms with Crippen LogP contribution in [0.5, 0.6) is 0 Å². The number of sulfonamides is 1. The first-order chi connectivity index (χ1) is 14.7. The fraction of sp³-hybridized carbons (Fsp3) is 0.273. The summed E-state index contributed by atoms with van der Waals surface area (Å²) in [7, 11) is -2.79. The molecule has 0 amide bonds. The van der Waals surface area contributed by atoms with Crippen LogP contribution in [-0.2, 0) is 21.3 Å². The number of pyridine rings is 1. The summed E-state index contributed by atoms with van der Waals surface area (Å²) in [6, 6.07) is 10.8. The molecule has 1 heterocycles. The SMILES string of the molecule is COC(=O)c1ccc(S(=O)(=O)N(CCO)Cc2cc3c(C)cc(C)cc3[nH]c2=O)cc1. The molecule has 9 heteroatoms. The zero-order valence-corrected chi connectivity index (χ0v) is 18.3. The normalized spacial score (nSPS) is 11.8. The fourth-order valence-electron chi connectivity index (χ4n) is 3.45. The first-order valence-electron chi connectivity index (χ1n) is 9.60. The number of aromatic amines is 1. The monoisotopic (exact) mass is 444 g/mol. The van der Waals surface area contributed by atoms with Gasteiger partial charge in [0.05, 0.1) is 24.2 Å². The van der Waals surface area contributed by atoms with Crippen molar-refractivity contribution in [1.82, 2.24) is 9.29 Å². The Balaban J connectivity index is 1.99. The van der Waals surface area contributed by atoms with Crippen molar-refractivity contribution in [2.45, 2.75) is 25.3 Å². The number of fused-ring (bicyclic) bond motifs is 1. The topological polar surface area (TPSA) is 117 Å². The second-order valence-corrected chi connectivity index (χ2v) is 9.18. The molecule has 0 radical (unpaired) electrons. The van der Waals surface area contributed by atoms with Crippen LogP contribution in [-0.4, -0.2) is 49.0 Å². The highest BCUT2D eigenvalue weighted by molar-refractivity contribution is 7.89. The summed E-state index contributed by atoms with van der Waals surface area (Å²) in [6.07, 6.45) is 0. The number of aliphatic hydroxyl groups is 1. The highest BCUT2D eigenvalue weighted by Crippen LogP contribution is 2.22. The van der Waals surface area contributed by atoms with Crippen LogP contribution < -0.4 is 5.56 Å². The van der Waals surface area contributed by atoms with E-state index in [9.17, 15) is 23.1 Å². The van der Waals surface area contributed by atoms with Crippen LogP contribution in [0.25, 0.3) is 10.9 Å². The number of aliphatic hydroxyl groups excluding tert-OH is 1. The van der Waals surface area contributed by atoms with E-state index in [-0.39, 0.29) is 29.1 Å². The predicted octanol–water partition coefficient (Wildman–Crippen LogP) is 2.11. The molecule has 0 aliphatic heterocycles.